The van der Waals surface area contributed by atoms with Crippen LogP contribution >= 0.6 is 15.9 Å². The predicted molar refractivity (Wildman–Crippen MR) is 64.8 cm³/mol. The van der Waals surface area contributed by atoms with E-state index in [2.05, 4.69) is 15.9 Å². The average molecular weight is 270 g/mol. The summed E-state index contributed by atoms with van der Waals surface area (Å²) in [4.78, 5) is 11.5. The van der Waals surface area contributed by atoms with Crippen molar-refractivity contribution in [1.29, 1.82) is 0 Å². The van der Waals surface area contributed by atoms with Gasteiger partial charge in [0.25, 0.3) is 0 Å². The summed E-state index contributed by atoms with van der Waals surface area (Å²) in [6.45, 7) is 2.20. The third kappa shape index (κ3) is 3.88. The van der Waals surface area contributed by atoms with Crippen molar-refractivity contribution in [3.63, 3.8) is 0 Å². The van der Waals surface area contributed by atoms with E-state index in [1.54, 1.807) is 6.92 Å². The maximum absolute atomic E-state index is 11.5. The molecule has 2 nitrogen and oxygen atoms in total. The number of esters is 1. The fraction of sp³-hybridized carbons (Fsp3) is 0.250. The maximum atomic E-state index is 11.5. The molecule has 0 aliphatic carbocycles. The Morgan fingerprint density at radius 1 is 1.40 bits per heavy atom. The van der Waals surface area contributed by atoms with Gasteiger partial charge < -0.3 is 4.74 Å². The molecule has 0 aromatic heterocycles. The summed E-state index contributed by atoms with van der Waals surface area (Å²) in [7, 11) is 0. The van der Waals surface area contributed by atoms with E-state index < -0.39 is 0 Å². The third-order valence-electron chi connectivity index (χ3n) is 1.82. The Morgan fingerprint density at radius 3 is 2.60 bits per heavy atom. The van der Waals surface area contributed by atoms with Crippen LogP contribution in [-0.2, 0) is 9.53 Å². The average Bonchev–Trinajstić information content (AvgIpc) is 2.27. The van der Waals surface area contributed by atoms with E-state index in [9.17, 15) is 4.79 Å². The Balaban J connectivity index is 2.83. The maximum Gasteiger partial charge on any atom is 0.334 e. The molecule has 0 bridgehead atoms. The molecule has 0 radical (unpaired) electrons. The predicted octanol–water partition coefficient (Wildman–Crippen LogP) is 3.03. The van der Waals surface area contributed by atoms with Gasteiger partial charge in [0, 0.05) is 10.9 Å². The summed E-state index contributed by atoms with van der Waals surface area (Å²) in [5.74, 6) is -0.266. The molecule has 0 fully saturated rings. The molecule has 0 spiro atoms. The van der Waals surface area contributed by atoms with E-state index in [4.69, 9.17) is 4.74 Å². The highest BCUT2D eigenvalue weighted by Gasteiger charge is 2.08. The Hall–Kier alpha value is -1.09. The second-order valence-corrected chi connectivity index (χ2v) is 3.50. The molecule has 0 aliphatic heterocycles. The van der Waals surface area contributed by atoms with E-state index in [-0.39, 0.29) is 5.97 Å². The first-order chi connectivity index (χ1) is 7.27. The highest BCUT2D eigenvalue weighted by molar-refractivity contribution is 9.09. The van der Waals surface area contributed by atoms with Gasteiger partial charge in [-0.2, -0.15) is 0 Å². The van der Waals surface area contributed by atoms with E-state index in [1.165, 1.54) is 0 Å². The van der Waals surface area contributed by atoms with Crippen LogP contribution < -0.4 is 0 Å². The van der Waals surface area contributed by atoms with Gasteiger partial charge in [-0.15, -0.1) is 0 Å². The summed E-state index contributed by atoms with van der Waals surface area (Å²) in [6.07, 6.45) is 1.83. The molecule has 15 heavy (non-hydrogen) atoms. The van der Waals surface area contributed by atoms with E-state index in [1.807, 2.05) is 36.4 Å². The van der Waals surface area contributed by atoms with E-state index in [0.717, 1.165) is 5.56 Å². The number of carbonyl (C=O) groups is 1. The molecule has 0 N–H and O–H groups in total. The van der Waals surface area contributed by atoms with Gasteiger partial charge in [-0.1, -0.05) is 46.3 Å². The molecule has 1 rings (SSSR count). The molecule has 1 aromatic carbocycles. The first kappa shape index (κ1) is 12.0. The largest absolute Gasteiger partial charge is 0.463 e. The minimum Gasteiger partial charge on any atom is -0.463 e. The normalized spacial score (nSPS) is 11.2. The van der Waals surface area contributed by atoms with Crippen molar-refractivity contribution in [2.75, 3.05) is 11.9 Å². The van der Waals surface area contributed by atoms with Crippen LogP contribution in [0.15, 0.2) is 35.9 Å². The fourth-order valence-corrected chi connectivity index (χ4v) is 1.52. The minimum atomic E-state index is -0.266. The van der Waals surface area contributed by atoms with Crippen molar-refractivity contribution in [2.45, 2.75) is 6.92 Å². The number of rotatable bonds is 4. The van der Waals surface area contributed by atoms with Crippen LogP contribution in [0.5, 0.6) is 0 Å². The van der Waals surface area contributed by atoms with Crippen molar-refractivity contribution < 1.29 is 9.53 Å². The second kappa shape index (κ2) is 6.40. The zero-order valence-electron chi connectivity index (χ0n) is 8.57. The van der Waals surface area contributed by atoms with Crippen molar-refractivity contribution >= 4 is 28.0 Å². The molecule has 3 heteroatoms. The Labute approximate surface area is 98.1 Å². The number of halogens is 1. The van der Waals surface area contributed by atoms with Gasteiger partial charge in [0.1, 0.15) is 0 Å². The lowest BCUT2D eigenvalue weighted by atomic mass is 10.2. The number of benzene rings is 1. The van der Waals surface area contributed by atoms with Gasteiger partial charge in [-0.25, -0.2) is 4.79 Å². The molecule has 80 valence electrons. The molecule has 0 heterocycles. The van der Waals surface area contributed by atoms with Gasteiger partial charge in [-0.05, 0) is 18.6 Å². The van der Waals surface area contributed by atoms with Gasteiger partial charge in [0.15, 0.2) is 0 Å². The zero-order valence-corrected chi connectivity index (χ0v) is 10.2. The molecule has 0 atom stereocenters. The zero-order chi connectivity index (χ0) is 11.1. The smallest absolute Gasteiger partial charge is 0.334 e. The van der Waals surface area contributed by atoms with Crippen LogP contribution in [0.25, 0.3) is 6.08 Å². The lowest BCUT2D eigenvalue weighted by molar-refractivity contribution is -0.138. The lowest BCUT2D eigenvalue weighted by Crippen LogP contribution is -2.08. The Morgan fingerprint density at radius 2 is 2.07 bits per heavy atom. The molecule has 0 amide bonds. The van der Waals surface area contributed by atoms with Crippen molar-refractivity contribution in [3.05, 3.63) is 41.5 Å². The summed E-state index contributed by atoms with van der Waals surface area (Å²) >= 11 is 3.27. The SMILES string of the molecule is CCOC(=O)/C(CBr)=[13CH]/c1ccccc1. The minimum absolute atomic E-state index is 0.266. The first-order valence-electron chi connectivity index (χ1n) is 4.76. The van der Waals surface area contributed by atoms with Gasteiger partial charge in [0.05, 0.1) is 6.61 Å². The number of hydrogen-bond donors (Lipinski definition) is 0. The lowest BCUT2D eigenvalue weighted by Gasteiger charge is -2.03. The fourth-order valence-electron chi connectivity index (χ4n) is 1.13. The van der Waals surface area contributed by atoms with Gasteiger partial charge in [0.2, 0.25) is 0 Å². The van der Waals surface area contributed by atoms with Crippen LogP contribution in [0.4, 0.5) is 0 Å². The van der Waals surface area contributed by atoms with Gasteiger partial charge >= 0.3 is 5.97 Å². The molecular formula is C12H13BrO2. The summed E-state index contributed by atoms with van der Waals surface area (Å²) in [6, 6.07) is 9.70. The molecular weight excluding hydrogens is 257 g/mol. The number of alkyl halides is 1. The van der Waals surface area contributed by atoms with E-state index in [0.29, 0.717) is 17.5 Å². The first-order valence-corrected chi connectivity index (χ1v) is 5.88. The van der Waals surface area contributed by atoms with Crippen molar-refractivity contribution in [2.24, 2.45) is 0 Å². The Bertz CT molecular complexity index is 344. The van der Waals surface area contributed by atoms with Crippen molar-refractivity contribution in [3.8, 4) is 0 Å². The second-order valence-electron chi connectivity index (χ2n) is 2.93. The number of hydrogen-bond acceptors (Lipinski definition) is 2. The van der Waals surface area contributed by atoms with Crippen LogP contribution in [-0.4, -0.2) is 17.9 Å². The number of carbonyl (C=O) groups excluding carboxylic acids is 1. The standard InChI is InChI=1S/C12H13BrO2/c1-2-15-12(14)11(9-13)8-10-6-4-3-5-7-10/h3-8H,2,9H2,1H3/b11-8+/i8+1. The van der Waals surface area contributed by atoms with Crippen LogP contribution in [0.2, 0.25) is 0 Å². The molecule has 0 aliphatic rings. The highest BCUT2D eigenvalue weighted by Crippen LogP contribution is 2.10. The summed E-state index contributed by atoms with van der Waals surface area (Å²) in [5.41, 5.74) is 1.63. The van der Waals surface area contributed by atoms with Crippen molar-refractivity contribution in [1.82, 2.24) is 0 Å². The topological polar surface area (TPSA) is 26.3 Å². The summed E-state index contributed by atoms with van der Waals surface area (Å²) < 4.78 is 4.93. The van der Waals surface area contributed by atoms with Crippen LogP contribution in [0.3, 0.4) is 0 Å². The number of ether oxygens (including phenoxy) is 1. The molecule has 0 saturated carbocycles. The summed E-state index contributed by atoms with van der Waals surface area (Å²) in [5, 5.41) is 0.501. The monoisotopic (exact) mass is 269 g/mol. The van der Waals surface area contributed by atoms with Crippen LogP contribution in [0, 0.1) is 0 Å². The van der Waals surface area contributed by atoms with Crippen LogP contribution in [0.1, 0.15) is 12.5 Å². The molecule has 1 aromatic rings. The highest BCUT2D eigenvalue weighted by atomic mass is 79.9. The quantitative estimate of drug-likeness (QED) is 0.364. The third-order valence-corrected chi connectivity index (χ3v) is 2.43. The molecule has 0 saturated heterocycles. The Kier molecular flexibility index (Phi) is 5.12. The van der Waals surface area contributed by atoms with E-state index >= 15 is 0 Å². The molecule has 0 unspecified atom stereocenters. The van der Waals surface area contributed by atoms with Gasteiger partial charge in [-0.3, -0.25) is 0 Å².